The van der Waals surface area contributed by atoms with Crippen LogP contribution in [-0.2, 0) is 4.79 Å². The Hall–Kier alpha value is -2.64. The quantitative estimate of drug-likeness (QED) is 0.499. The van der Waals surface area contributed by atoms with Gasteiger partial charge in [0.1, 0.15) is 11.2 Å². The summed E-state index contributed by atoms with van der Waals surface area (Å²) in [6, 6.07) is 19.4. The Morgan fingerprint density at radius 2 is 1.83 bits per heavy atom. The highest BCUT2D eigenvalue weighted by molar-refractivity contribution is 9.10. The SMILES string of the molecule is Cc1c(F)cccc1N1C(=O)CSC1c1ccc(NC(=O)c2ccccc2Br)cc1. The van der Waals surface area contributed by atoms with Crippen molar-refractivity contribution in [3.05, 3.63) is 93.7 Å². The Morgan fingerprint density at radius 3 is 2.57 bits per heavy atom. The summed E-state index contributed by atoms with van der Waals surface area (Å²) in [5, 5.41) is 2.63. The third kappa shape index (κ3) is 4.00. The summed E-state index contributed by atoms with van der Waals surface area (Å²) in [5.41, 5.74) is 3.15. The molecular weight excluding hydrogens is 467 g/mol. The molecule has 1 saturated heterocycles. The summed E-state index contributed by atoms with van der Waals surface area (Å²) in [7, 11) is 0. The van der Waals surface area contributed by atoms with Gasteiger partial charge >= 0.3 is 0 Å². The molecule has 1 N–H and O–H groups in total. The normalized spacial score (nSPS) is 16.0. The number of rotatable bonds is 4. The molecule has 4 nitrogen and oxygen atoms in total. The molecular formula is C23H18BrFN2O2S. The van der Waals surface area contributed by atoms with E-state index in [0.29, 0.717) is 28.3 Å². The molecule has 1 fully saturated rings. The molecule has 4 rings (SSSR count). The van der Waals surface area contributed by atoms with E-state index >= 15 is 0 Å². The van der Waals surface area contributed by atoms with Crippen LogP contribution in [0.15, 0.2) is 71.2 Å². The van der Waals surface area contributed by atoms with Gasteiger partial charge in [0.25, 0.3) is 5.91 Å². The smallest absolute Gasteiger partial charge is 0.256 e. The molecule has 3 aromatic carbocycles. The van der Waals surface area contributed by atoms with Crippen LogP contribution < -0.4 is 10.2 Å². The molecule has 1 aliphatic heterocycles. The zero-order chi connectivity index (χ0) is 21.3. The molecule has 2 amide bonds. The summed E-state index contributed by atoms with van der Waals surface area (Å²) in [5.74, 6) is -0.259. The van der Waals surface area contributed by atoms with Crippen molar-refractivity contribution in [3.63, 3.8) is 0 Å². The van der Waals surface area contributed by atoms with Crippen molar-refractivity contribution in [2.45, 2.75) is 12.3 Å². The molecule has 152 valence electrons. The summed E-state index contributed by atoms with van der Waals surface area (Å²) in [6.45, 7) is 1.68. The fourth-order valence-corrected chi connectivity index (χ4v) is 5.00. The maximum atomic E-state index is 14.0. The number of hydrogen-bond acceptors (Lipinski definition) is 3. The first kappa shape index (κ1) is 20.6. The van der Waals surface area contributed by atoms with E-state index in [-0.39, 0.29) is 23.0 Å². The number of carbonyl (C=O) groups is 2. The predicted octanol–water partition coefficient (Wildman–Crippen LogP) is 5.93. The average molecular weight is 485 g/mol. The van der Waals surface area contributed by atoms with E-state index in [0.717, 1.165) is 10.0 Å². The second kappa shape index (κ2) is 8.62. The Kier molecular flexibility index (Phi) is 5.92. The monoisotopic (exact) mass is 484 g/mol. The molecule has 1 unspecified atom stereocenters. The highest BCUT2D eigenvalue weighted by atomic mass is 79.9. The highest BCUT2D eigenvalue weighted by Crippen LogP contribution is 2.43. The van der Waals surface area contributed by atoms with Crippen molar-refractivity contribution in [3.8, 4) is 0 Å². The minimum absolute atomic E-state index is 0.0509. The predicted molar refractivity (Wildman–Crippen MR) is 122 cm³/mol. The molecule has 1 atom stereocenters. The number of amides is 2. The molecule has 0 saturated carbocycles. The van der Waals surface area contributed by atoms with Gasteiger partial charge in [-0.15, -0.1) is 11.8 Å². The topological polar surface area (TPSA) is 49.4 Å². The van der Waals surface area contributed by atoms with Gasteiger partial charge in [0.15, 0.2) is 0 Å². The summed E-state index contributed by atoms with van der Waals surface area (Å²) < 4.78 is 14.8. The van der Waals surface area contributed by atoms with Crippen LogP contribution in [0.2, 0.25) is 0 Å². The number of halogens is 2. The zero-order valence-electron chi connectivity index (χ0n) is 16.1. The van der Waals surface area contributed by atoms with Crippen molar-refractivity contribution >= 4 is 50.9 Å². The Labute approximate surface area is 186 Å². The van der Waals surface area contributed by atoms with Gasteiger partial charge in [0.05, 0.1) is 17.0 Å². The number of anilines is 2. The van der Waals surface area contributed by atoms with Crippen molar-refractivity contribution in [2.24, 2.45) is 0 Å². The Morgan fingerprint density at radius 1 is 1.10 bits per heavy atom. The summed E-state index contributed by atoms with van der Waals surface area (Å²) in [6.07, 6.45) is 0. The maximum absolute atomic E-state index is 14.0. The first-order valence-electron chi connectivity index (χ1n) is 9.30. The van der Waals surface area contributed by atoms with E-state index in [9.17, 15) is 14.0 Å². The largest absolute Gasteiger partial charge is 0.322 e. The van der Waals surface area contributed by atoms with Gasteiger partial charge in [-0.25, -0.2) is 4.39 Å². The number of carbonyl (C=O) groups excluding carboxylic acids is 2. The second-order valence-electron chi connectivity index (χ2n) is 6.87. The fourth-order valence-electron chi connectivity index (χ4n) is 3.36. The lowest BCUT2D eigenvalue weighted by atomic mass is 10.1. The molecule has 3 aromatic rings. The van der Waals surface area contributed by atoms with Gasteiger partial charge in [-0.1, -0.05) is 30.3 Å². The first-order valence-corrected chi connectivity index (χ1v) is 11.1. The first-order chi connectivity index (χ1) is 14.5. The van der Waals surface area contributed by atoms with Gasteiger partial charge in [-0.3, -0.25) is 14.5 Å². The minimum Gasteiger partial charge on any atom is -0.322 e. The zero-order valence-corrected chi connectivity index (χ0v) is 18.5. The molecule has 0 spiro atoms. The maximum Gasteiger partial charge on any atom is 0.256 e. The van der Waals surface area contributed by atoms with Crippen LogP contribution in [0.3, 0.4) is 0 Å². The summed E-state index contributed by atoms with van der Waals surface area (Å²) >= 11 is 4.88. The van der Waals surface area contributed by atoms with Gasteiger partial charge in [-0.2, -0.15) is 0 Å². The second-order valence-corrected chi connectivity index (χ2v) is 8.79. The minimum atomic E-state index is -0.332. The van der Waals surface area contributed by atoms with Gasteiger partial charge < -0.3 is 5.32 Å². The van der Waals surface area contributed by atoms with Crippen LogP contribution >= 0.6 is 27.7 Å². The van der Waals surface area contributed by atoms with Crippen LogP contribution in [0.5, 0.6) is 0 Å². The van der Waals surface area contributed by atoms with E-state index in [1.807, 2.05) is 36.4 Å². The third-order valence-corrected chi connectivity index (χ3v) is 6.84. The Bertz CT molecular complexity index is 1120. The molecule has 1 aliphatic rings. The fraction of sp³-hybridized carbons (Fsp3) is 0.130. The molecule has 0 radical (unpaired) electrons. The number of hydrogen-bond donors (Lipinski definition) is 1. The lowest BCUT2D eigenvalue weighted by molar-refractivity contribution is -0.115. The van der Waals surface area contributed by atoms with E-state index < -0.39 is 0 Å². The molecule has 0 bridgehead atoms. The average Bonchev–Trinajstić information content (AvgIpc) is 3.12. The van der Waals surface area contributed by atoms with E-state index in [1.54, 1.807) is 36.1 Å². The lowest BCUT2D eigenvalue weighted by Gasteiger charge is -2.26. The van der Waals surface area contributed by atoms with Crippen LogP contribution in [0.4, 0.5) is 15.8 Å². The molecule has 0 aromatic heterocycles. The van der Waals surface area contributed by atoms with Crippen molar-refractivity contribution in [1.82, 2.24) is 0 Å². The molecule has 0 aliphatic carbocycles. The van der Waals surface area contributed by atoms with Crippen LogP contribution in [0.25, 0.3) is 0 Å². The Balaban J connectivity index is 1.56. The summed E-state index contributed by atoms with van der Waals surface area (Å²) in [4.78, 5) is 26.7. The van der Waals surface area contributed by atoms with Gasteiger partial charge in [0.2, 0.25) is 5.91 Å². The number of thioether (sulfide) groups is 1. The van der Waals surface area contributed by atoms with Crippen molar-refractivity contribution in [1.29, 1.82) is 0 Å². The number of benzene rings is 3. The van der Waals surface area contributed by atoms with E-state index in [1.165, 1.54) is 17.8 Å². The standard InChI is InChI=1S/C23H18BrFN2O2S/c1-14-19(25)7-4-8-20(14)27-21(28)13-30-23(27)15-9-11-16(12-10-15)26-22(29)17-5-2-3-6-18(17)24/h2-12,23H,13H2,1H3,(H,26,29). The molecule has 30 heavy (non-hydrogen) atoms. The number of nitrogens with zero attached hydrogens (tertiary/aromatic N) is 1. The lowest BCUT2D eigenvalue weighted by Crippen LogP contribution is -2.28. The van der Waals surface area contributed by atoms with Crippen LogP contribution in [0.1, 0.15) is 26.9 Å². The van der Waals surface area contributed by atoms with Crippen LogP contribution in [0, 0.1) is 12.7 Å². The van der Waals surface area contributed by atoms with Gasteiger partial charge in [-0.05, 0) is 64.8 Å². The van der Waals surface area contributed by atoms with E-state index in [2.05, 4.69) is 21.2 Å². The van der Waals surface area contributed by atoms with Crippen LogP contribution in [-0.4, -0.2) is 17.6 Å². The van der Waals surface area contributed by atoms with E-state index in [4.69, 9.17) is 0 Å². The molecule has 7 heteroatoms. The van der Waals surface area contributed by atoms with Crippen molar-refractivity contribution < 1.29 is 14.0 Å². The highest BCUT2D eigenvalue weighted by Gasteiger charge is 2.35. The van der Waals surface area contributed by atoms with Gasteiger partial charge in [0, 0.05) is 15.7 Å². The third-order valence-electron chi connectivity index (χ3n) is 4.94. The van der Waals surface area contributed by atoms with Crippen molar-refractivity contribution in [2.75, 3.05) is 16.0 Å². The number of nitrogens with one attached hydrogen (secondary N) is 1. The molecule has 1 heterocycles.